The van der Waals surface area contributed by atoms with Crippen molar-refractivity contribution in [3.8, 4) is 0 Å². The van der Waals surface area contributed by atoms with E-state index in [0.717, 1.165) is 12.8 Å². The zero-order valence-electron chi connectivity index (χ0n) is 7.99. The van der Waals surface area contributed by atoms with Crippen LogP contribution in [0.2, 0.25) is 0 Å². The second kappa shape index (κ2) is 8.35. The van der Waals surface area contributed by atoms with Crippen LogP contribution in [-0.2, 0) is 9.09 Å². The minimum absolute atomic E-state index is 0. The molecule has 0 unspecified atom stereocenters. The van der Waals surface area contributed by atoms with Gasteiger partial charge in [0.25, 0.3) is 0 Å². The molecule has 0 amide bonds. The van der Waals surface area contributed by atoms with E-state index in [2.05, 4.69) is 4.52 Å². The molecule has 0 atom stereocenters. The van der Waals surface area contributed by atoms with Crippen LogP contribution in [0.25, 0.3) is 0 Å². The van der Waals surface area contributed by atoms with Gasteiger partial charge in [-0.15, -0.1) is 0 Å². The summed E-state index contributed by atoms with van der Waals surface area (Å²) in [5.74, 6) is 0. The van der Waals surface area contributed by atoms with E-state index >= 15 is 0 Å². The van der Waals surface area contributed by atoms with Crippen LogP contribution in [0, 0.1) is 0 Å². The SMILES string of the molecule is CCCCCOP(=O)(O)O.[H-].[K+]. The number of phosphoric ester groups is 1. The molecule has 0 saturated heterocycles. The Bertz CT molecular complexity index is 129. The molecule has 4 nitrogen and oxygen atoms in total. The third-order valence-electron chi connectivity index (χ3n) is 1.01. The maximum Gasteiger partial charge on any atom is 1.00 e. The zero-order chi connectivity index (χ0) is 8.04. The molecule has 0 radical (unpaired) electrons. The molecule has 0 aromatic carbocycles. The van der Waals surface area contributed by atoms with Crippen molar-refractivity contribution in [2.75, 3.05) is 6.61 Å². The summed E-state index contributed by atoms with van der Waals surface area (Å²) >= 11 is 0. The van der Waals surface area contributed by atoms with Gasteiger partial charge in [0.1, 0.15) is 0 Å². The first kappa shape index (κ1) is 15.2. The topological polar surface area (TPSA) is 66.8 Å². The minimum Gasteiger partial charge on any atom is -1.00 e. The molecule has 2 N–H and O–H groups in total. The molecule has 0 aliphatic rings. The van der Waals surface area contributed by atoms with Gasteiger partial charge in [-0.05, 0) is 6.42 Å². The van der Waals surface area contributed by atoms with Crippen LogP contribution in [0.1, 0.15) is 27.6 Å². The van der Waals surface area contributed by atoms with Crippen LogP contribution in [0.3, 0.4) is 0 Å². The van der Waals surface area contributed by atoms with Crippen LogP contribution >= 0.6 is 7.82 Å². The first-order chi connectivity index (χ1) is 4.56. The molecule has 0 spiro atoms. The van der Waals surface area contributed by atoms with Crippen molar-refractivity contribution < 1.29 is 71.7 Å². The smallest absolute Gasteiger partial charge is 1.00 e. The Morgan fingerprint density at radius 3 is 2.36 bits per heavy atom. The van der Waals surface area contributed by atoms with Crippen molar-refractivity contribution in [1.82, 2.24) is 0 Å². The van der Waals surface area contributed by atoms with E-state index in [1.165, 1.54) is 0 Å². The Morgan fingerprint density at radius 1 is 1.45 bits per heavy atom. The van der Waals surface area contributed by atoms with Crippen molar-refractivity contribution in [3.05, 3.63) is 0 Å². The van der Waals surface area contributed by atoms with Gasteiger partial charge in [-0.3, -0.25) is 4.52 Å². The van der Waals surface area contributed by atoms with Crippen molar-refractivity contribution in [3.63, 3.8) is 0 Å². The molecule has 0 aromatic heterocycles. The normalized spacial score (nSPS) is 10.8. The molecular formula is C5H14KO4P. The largest absolute Gasteiger partial charge is 1.00 e. The van der Waals surface area contributed by atoms with E-state index in [9.17, 15) is 4.57 Å². The fraction of sp³-hybridized carbons (Fsp3) is 1.00. The summed E-state index contributed by atoms with van der Waals surface area (Å²) in [5, 5.41) is 0. The van der Waals surface area contributed by atoms with E-state index in [0.29, 0.717) is 6.42 Å². The predicted molar refractivity (Wildman–Crippen MR) is 38.6 cm³/mol. The van der Waals surface area contributed by atoms with E-state index in [1.807, 2.05) is 6.92 Å². The van der Waals surface area contributed by atoms with E-state index < -0.39 is 7.82 Å². The average Bonchev–Trinajstić information content (AvgIpc) is 1.78. The first-order valence-electron chi connectivity index (χ1n) is 3.26. The number of unbranched alkanes of at least 4 members (excludes halogenated alkanes) is 2. The fourth-order valence-electron chi connectivity index (χ4n) is 0.536. The third kappa shape index (κ3) is 14.6. The van der Waals surface area contributed by atoms with Crippen LogP contribution in [-0.4, -0.2) is 16.4 Å². The summed E-state index contributed by atoms with van der Waals surface area (Å²) in [6, 6.07) is 0. The van der Waals surface area contributed by atoms with E-state index in [1.54, 1.807) is 0 Å². The molecule has 64 valence electrons. The van der Waals surface area contributed by atoms with Gasteiger partial charge in [0, 0.05) is 0 Å². The second-order valence-electron chi connectivity index (χ2n) is 2.03. The first-order valence-corrected chi connectivity index (χ1v) is 4.79. The molecule has 0 aromatic rings. The Morgan fingerprint density at radius 2 is 2.00 bits per heavy atom. The molecule has 0 heterocycles. The van der Waals surface area contributed by atoms with Gasteiger partial charge >= 0.3 is 59.2 Å². The van der Waals surface area contributed by atoms with E-state index in [4.69, 9.17) is 9.79 Å². The predicted octanol–water partition coefficient (Wildman–Crippen LogP) is -1.60. The minimum atomic E-state index is -4.21. The van der Waals surface area contributed by atoms with Crippen molar-refractivity contribution >= 4 is 7.82 Å². The molecule has 11 heavy (non-hydrogen) atoms. The molecule has 0 fully saturated rings. The second-order valence-corrected chi connectivity index (χ2v) is 3.27. The molecular weight excluding hydrogens is 194 g/mol. The summed E-state index contributed by atoms with van der Waals surface area (Å²) in [5.41, 5.74) is 0. The molecule has 6 heteroatoms. The standard InChI is InChI=1S/C5H13O4P.K.H/c1-2-3-4-5-9-10(6,7)8;;/h2-5H2,1H3,(H2,6,7,8);;/q;+1;-1. The van der Waals surface area contributed by atoms with Crippen LogP contribution in [0.5, 0.6) is 0 Å². The van der Waals surface area contributed by atoms with Crippen molar-refractivity contribution in [1.29, 1.82) is 0 Å². The summed E-state index contributed by atoms with van der Waals surface area (Å²) in [4.78, 5) is 16.4. The zero-order valence-corrected chi connectivity index (χ0v) is 11.0. The number of phosphoric acid groups is 1. The van der Waals surface area contributed by atoms with Crippen LogP contribution < -0.4 is 51.4 Å². The molecule has 0 aliphatic heterocycles. The van der Waals surface area contributed by atoms with Gasteiger partial charge in [0.2, 0.25) is 0 Å². The van der Waals surface area contributed by atoms with Crippen LogP contribution in [0.15, 0.2) is 0 Å². The quantitative estimate of drug-likeness (QED) is 0.324. The van der Waals surface area contributed by atoms with Crippen molar-refractivity contribution in [2.45, 2.75) is 26.2 Å². The van der Waals surface area contributed by atoms with E-state index in [-0.39, 0.29) is 59.4 Å². The third-order valence-corrected chi connectivity index (χ3v) is 1.53. The summed E-state index contributed by atoms with van der Waals surface area (Å²) < 4.78 is 14.3. The Hall–Kier alpha value is 1.75. The summed E-state index contributed by atoms with van der Waals surface area (Å²) in [6.45, 7) is 2.16. The number of hydrogen-bond donors (Lipinski definition) is 2. The molecule has 0 bridgehead atoms. The summed E-state index contributed by atoms with van der Waals surface area (Å²) in [6.07, 6.45) is 2.67. The van der Waals surface area contributed by atoms with Gasteiger partial charge < -0.3 is 11.2 Å². The van der Waals surface area contributed by atoms with Gasteiger partial charge in [-0.25, -0.2) is 4.57 Å². The van der Waals surface area contributed by atoms with Gasteiger partial charge in [-0.2, -0.15) is 0 Å². The van der Waals surface area contributed by atoms with Crippen molar-refractivity contribution in [2.24, 2.45) is 0 Å². The van der Waals surface area contributed by atoms with Gasteiger partial charge in [0.15, 0.2) is 0 Å². The molecule has 0 saturated carbocycles. The average molecular weight is 208 g/mol. The summed E-state index contributed by atoms with van der Waals surface area (Å²) in [7, 11) is -4.21. The number of rotatable bonds is 5. The molecule has 0 rings (SSSR count). The molecule has 0 aliphatic carbocycles. The maximum absolute atomic E-state index is 10.1. The fourth-order valence-corrected chi connectivity index (χ4v) is 0.902. The number of hydrogen-bond acceptors (Lipinski definition) is 2. The maximum atomic E-state index is 10.1. The Labute approximate surface area is 111 Å². The Balaban J connectivity index is -0.000000405. The Kier molecular flexibility index (Phi) is 11.6. The van der Waals surface area contributed by atoms with Gasteiger partial charge in [0.05, 0.1) is 6.61 Å². The van der Waals surface area contributed by atoms with Gasteiger partial charge in [-0.1, -0.05) is 19.8 Å². The van der Waals surface area contributed by atoms with Crippen LogP contribution in [0.4, 0.5) is 0 Å². The monoisotopic (exact) mass is 208 g/mol.